The molecule has 4 heteroatoms. The Balaban J connectivity index is 1.55. The summed E-state index contributed by atoms with van der Waals surface area (Å²) in [4.78, 5) is 14.9. The van der Waals surface area contributed by atoms with Crippen LogP contribution in [0.4, 0.5) is 0 Å². The SMILES string of the molecule is O=C([C@H]1CC=CCC1)N1CCC[C@@H]1c1ccc2c(c1)OCO2. The van der Waals surface area contributed by atoms with Crippen LogP contribution >= 0.6 is 0 Å². The first-order valence-corrected chi connectivity index (χ1v) is 8.18. The van der Waals surface area contributed by atoms with Crippen LogP contribution < -0.4 is 9.47 Å². The lowest BCUT2D eigenvalue weighted by molar-refractivity contribution is -0.136. The van der Waals surface area contributed by atoms with Gasteiger partial charge in [-0.1, -0.05) is 18.2 Å². The van der Waals surface area contributed by atoms with Crippen molar-refractivity contribution in [2.75, 3.05) is 13.3 Å². The summed E-state index contributed by atoms with van der Waals surface area (Å²) < 4.78 is 10.9. The molecule has 1 amide bonds. The highest BCUT2D eigenvalue weighted by Gasteiger charge is 2.34. The fourth-order valence-electron chi connectivity index (χ4n) is 3.75. The van der Waals surface area contributed by atoms with Gasteiger partial charge in [0.1, 0.15) is 0 Å². The van der Waals surface area contributed by atoms with Crippen molar-refractivity contribution in [3.8, 4) is 11.5 Å². The Hall–Kier alpha value is -1.97. The molecule has 0 saturated carbocycles. The maximum absolute atomic E-state index is 12.9. The zero-order valence-electron chi connectivity index (χ0n) is 12.7. The third-order valence-corrected chi connectivity index (χ3v) is 4.94. The maximum Gasteiger partial charge on any atom is 0.231 e. The highest BCUT2D eigenvalue weighted by Crippen LogP contribution is 2.40. The van der Waals surface area contributed by atoms with Crippen LogP contribution in [0.3, 0.4) is 0 Å². The Morgan fingerprint density at radius 2 is 2.05 bits per heavy atom. The molecule has 1 saturated heterocycles. The van der Waals surface area contributed by atoms with E-state index in [1.807, 2.05) is 12.1 Å². The zero-order valence-corrected chi connectivity index (χ0v) is 12.7. The first kappa shape index (κ1) is 13.7. The molecular formula is C18H21NO3. The highest BCUT2D eigenvalue weighted by molar-refractivity contribution is 5.80. The van der Waals surface area contributed by atoms with Crippen molar-refractivity contribution in [2.24, 2.45) is 5.92 Å². The van der Waals surface area contributed by atoms with Crippen LogP contribution in [0.2, 0.25) is 0 Å². The van der Waals surface area contributed by atoms with E-state index in [0.717, 1.165) is 50.1 Å². The molecule has 0 bridgehead atoms. The van der Waals surface area contributed by atoms with E-state index in [2.05, 4.69) is 23.1 Å². The van der Waals surface area contributed by atoms with E-state index in [1.54, 1.807) is 0 Å². The van der Waals surface area contributed by atoms with E-state index in [4.69, 9.17) is 9.47 Å². The van der Waals surface area contributed by atoms with Gasteiger partial charge in [0.2, 0.25) is 12.7 Å². The van der Waals surface area contributed by atoms with Crippen LogP contribution in [0.25, 0.3) is 0 Å². The van der Waals surface area contributed by atoms with Crippen molar-refractivity contribution in [3.05, 3.63) is 35.9 Å². The number of amides is 1. The first-order chi connectivity index (χ1) is 10.8. The summed E-state index contributed by atoms with van der Waals surface area (Å²) >= 11 is 0. The molecule has 0 aromatic heterocycles. The van der Waals surface area contributed by atoms with Gasteiger partial charge in [0.05, 0.1) is 6.04 Å². The number of allylic oxidation sites excluding steroid dienone is 2. The van der Waals surface area contributed by atoms with Gasteiger partial charge in [-0.15, -0.1) is 0 Å². The van der Waals surface area contributed by atoms with Crippen LogP contribution in [0.15, 0.2) is 30.4 Å². The summed E-state index contributed by atoms with van der Waals surface area (Å²) in [5.74, 6) is 2.10. The minimum atomic E-state index is 0.166. The van der Waals surface area contributed by atoms with Crippen molar-refractivity contribution in [1.82, 2.24) is 4.90 Å². The van der Waals surface area contributed by atoms with E-state index in [9.17, 15) is 4.79 Å². The quantitative estimate of drug-likeness (QED) is 0.785. The number of rotatable bonds is 2. The molecule has 1 aliphatic carbocycles. The Morgan fingerprint density at radius 1 is 1.14 bits per heavy atom. The smallest absolute Gasteiger partial charge is 0.231 e. The van der Waals surface area contributed by atoms with Gasteiger partial charge in [-0.25, -0.2) is 0 Å². The van der Waals surface area contributed by atoms with Crippen LogP contribution in [0.5, 0.6) is 11.5 Å². The monoisotopic (exact) mass is 299 g/mol. The summed E-state index contributed by atoms with van der Waals surface area (Å²) in [6.07, 6.45) is 9.35. The average Bonchev–Trinajstić information content (AvgIpc) is 3.23. The Labute approximate surface area is 130 Å². The number of benzene rings is 1. The fourth-order valence-corrected chi connectivity index (χ4v) is 3.75. The van der Waals surface area contributed by atoms with E-state index >= 15 is 0 Å². The Bertz CT molecular complexity index is 610. The number of fused-ring (bicyclic) bond motifs is 1. The molecule has 2 atom stereocenters. The molecule has 4 rings (SSSR count). The van der Waals surface area contributed by atoms with Gasteiger partial charge >= 0.3 is 0 Å². The third-order valence-electron chi connectivity index (χ3n) is 4.94. The van der Waals surface area contributed by atoms with Crippen LogP contribution in [0, 0.1) is 5.92 Å². The number of ether oxygens (including phenoxy) is 2. The molecule has 116 valence electrons. The molecule has 2 heterocycles. The fraction of sp³-hybridized carbons (Fsp3) is 0.500. The summed E-state index contributed by atoms with van der Waals surface area (Å²) in [7, 11) is 0. The van der Waals surface area contributed by atoms with Gasteiger partial charge in [-0.05, 0) is 49.8 Å². The lowest BCUT2D eigenvalue weighted by atomic mass is 9.92. The number of nitrogens with zero attached hydrogens (tertiary/aromatic N) is 1. The molecule has 0 spiro atoms. The Morgan fingerprint density at radius 3 is 2.91 bits per heavy atom. The van der Waals surface area contributed by atoms with Crippen LogP contribution in [-0.4, -0.2) is 24.1 Å². The number of likely N-dealkylation sites (tertiary alicyclic amines) is 1. The molecule has 0 N–H and O–H groups in total. The normalized spacial score (nSPS) is 26.5. The van der Waals surface area contributed by atoms with Crippen molar-refractivity contribution in [1.29, 1.82) is 0 Å². The summed E-state index contributed by atoms with van der Waals surface area (Å²) in [6.45, 7) is 1.17. The van der Waals surface area contributed by atoms with E-state index < -0.39 is 0 Å². The average molecular weight is 299 g/mol. The second kappa shape index (κ2) is 5.67. The molecule has 0 radical (unpaired) electrons. The molecule has 1 fully saturated rings. The molecule has 22 heavy (non-hydrogen) atoms. The predicted octanol–water partition coefficient (Wildman–Crippen LogP) is 3.44. The summed E-state index contributed by atoms with van der Waals surface area (Å²) in [5.41, 5.74) is 1.17. The van der Waals surface area contributed by atoms with Crippen molar-refractivity contribution in [2.45, 2.75) is 38.1 Å². The second-order valence-electron chi connectivity index (χ2n) is 6.28. The Kier molecular flexibility index (Phi) is 3.53. The first-order valence-electron chi connectivity index (χ1n) is 8.18. The van der Waals surface area contributed by atoms with Crippen molar-refractivity contribution < 1.29 is 14.3 Å². The zero-order chi connectivity index (χ0) is 14.9. The van der Waals surface area contributed by atoms with Crippen molar-refractivity contribution in [3.63, 3.8) is 0 Å². The lowest BCUT2D eigenvalue weighted by Gasteiger charge is -2.29. The van der Waals surface area contributed by atoms with Crippen LogP contribution in [-0.2, 0) is 4.79 Å². The summed E-state index contributed by atoms with van der Waals surface area (Å²) in [6, 6.07) is 6.26. The van der Waals surface area contributed by atoms with E-state index in [-0.39, 0.29) is 12.0 Å². The lowest BCUT2D eigenvalue weighted by Crippen LogP contribution is -2.36. The second-order valence-corrected chi connectivity index (χ2v) is 6.28. The molecule has 1 aromatic carbocycles. The number of carbonyl (C=O) groups excluding carboxylic acids is 1. The number of hydrogen-bond acceptors (Lipinski definition) is 3. The predicted molar refractivity (Wildman–Crippen MR) is 82.7 cm³/mol. The molecule has 4 nitrogen and oxygen atoms in total. The van der Waals surface area contributed by atoms with Gasteiger partial charge in [-0.3, -0.25) is 4.79 Å². The minimum absolute atomic E-state index is 0.166. The standard InChI is InChI=1S/C18H21NO3/c20-18(13-5-2-1-3-6-13)19-10-4-7-15(19)14-8-9-16-17(11-14)22-12-21-16/h1-2,8-9,11,13,15H,3-7,10,12H2/t13-,15+/m0/s1. The number of carbonyl (C=O) groups is 1. The van der Waals surface area contributed by atoms with Gasteiger partial charge in [0, 0.05) is 12.5 Å². The third kappa shape index (κ3) is 2.36. The molecule has 0 unspecified atom stereocenters. The van der Waals surface area contributed by atoms with Gasteiger partial charge in [0.15, 0.2) is 11.5 Å². The van der Waals surface area contributed by atoms with Gasteiger partial charge < -0.3 is 14.4 Å². The highest BCUT2D eigenvalue weighted by atomic mass is 16.7. The topological polar surface area (TPSA) is 38.8 Å². The molecular weight excluding hydrogens is 278 g/mol. The number of hydrogen-bond donors (Lipinski definition) is 0. The van der Waals surface area contributed by atoms with E-state index in [0.29, 0.717) is 12.7 Å². The van der Waals surface area contributed by atoms with E-state index in [1.165, 1.54) is 5.56 Å². The van der Waals surface area contributed by atoms with Gasteiger partial charge in [0.25, 0.3) is 0 Å². The molecule has 1 aromatic rings. The molecule has 2 aliphatic heterocycles. The minimum Gasteiger partial charge on any atom is -0.454 e. The van der Waals surface area contributed by atoms with Crippen molar-refractivity contribution >= 4 is 5.91 Å². The molecule has 3 aliphatic rings. The van der Waals surface area contributed by atoms with Crippen LogP contribution in [0.1, 0.15) is 43.7 Å². The summed E-state index contributed by atoms with van der Waals surface area (Å²) in [5, 5.41) is 0. The maximum atomic E-state index is 12.9. The van der Waals surface area contributed by atoms with Gasteiger partial charge in [-0.2, -0.15) is 0 Å². The largest absolute Gasteiger partial charge is 0.454 e.